The van der Waals surface area contributed by atoms with Gasteiger partial charge in [0.2, 0.25) is 5.91 Å². The van der Waals surface area contributed by atoms with E-state index in [0.29, 0.717) is 12.8 Å². The lowest BCUT2D eigenvalue weighted by Crippen LogP contribution is -2.46. The fraction of sp³-hybridized carbons (Fsp3) is 0.875. The quantitative estimate of drug-likeness (QED) is 0.788. The average Bonchev–Trinajstić information content (AvgIpc) is 2.34. The van der Waals surface area contributed by atoms with E-state index in [1.165, 1.54) is 0 Å². The van der Waals surface area contributed by atoms with Crippen LogP contribution in [0.2, 0.25) is 0 Å². The first-order valence-corrected chi connectivity index (χ1v) is 7.96. The molecule has 1 rings (SSSR count). The minimum Gasteiger partial charge on any atom is -0.481 e. The van der Waals surface area contributed by atoms with E-state index in [4.69, 9.17) is 10.8 Å². The zero-order valence-electron chi connectivity index (χ0n) is 13.6. The lowest BCUT2D eigenvalue weighted by Gasteiger charge is -2.36. The van der Waals surface area contributed by atoms with Crippen LogP contribution in [0.1, 0.15) is 65.7 Å². The standard InChI is InChI=1S/C16H30N2O3/c1-16(2,3)11-12(17)10-14(19)18-9-5-4-6-13(18)7-8-15(20)21/h12-13H,4-11,17H2,1-3H3,(H,20,21). The Morgan fingerprint density at radius 2 is 2.00 bits per heavy atom. The molecule has 0 aliphatic carbocycles. The van der Waals surface area contributed by atoms with Crippen molar-refractivity contribution in [3.05, 3.63) is 0 Å². The molecule has 1 saturated heterocycles. The average molecular weight is 298 g/mol. The third-order valence-electron chi connectivity index (χ3n) is 3.95. The van der Waals surface area contributed by atoms with E-state index >= 15 is 0 Å². The van der Waals surface area contributed by atoms with Crippen molar-refractivity contribution in [2.24, 2.45) is 11.1 Å². The van der Waals surface area contributed by atoms with Crippen molar-refractivity contribution in [1.29, 1.82) is 0 Å². The lowest BCUT2D eigenvalue weighted by molar-refractivity contribution is -0.140. The molecule has 0 aromatic carbocycles. The summed E-state index contributed by atoms with van der Waals surface area (Å²) in [5.74, 6) is -0.709. The number of carboxylic acids is 1. The van der Waals surface area contributed by atoms with Crippen molar-refractivity contribution in [2.75, 3.05) is 6.54 Å². The van der Waals surface area contributed by atoms with Crippen LogP contribution < -0.4 is 5.73 Å². The minimum absolute atomic E-state index is 0.0733. The Morgan fingerprint density at radius 1 is 1.33 bits per heavy atom. The van der Waals surface area contributed by atoms with Gasteiger partial charge in [0.25, 0.3) is 0 Å². The molecule has 2 atom stereocenters. The molecule has 5 heteroatoms. The second kappa shape index (κ2) is 7.78. The van der Waals surface area contributed by atoms with Gasteiger partial charge < -0.3 is 15.7 Å². The normalized spacial score (nSPS) is 21.1. The Balaban J connectivity index is 2.54. The smallest absolute Gasteiger partial charge is 0.303 e. The first kappa shape index (κ1) is 18.0. The Hall–Kier alpha value is -1.10. The molecule has 0 saturated carbocycles. The Bertz CT molecular complexity index is 363. The van der Waals surface area contributed by atoms with Crippen molar-refractivity contribution < 1.29 is 14.7 Å². The number of nitrogens with zero attached hydrogens (tertiary/aromatic N) is 1. The maximum Gasteiger partial charge on any atom is 0.303 e. The predicted octanol–water partition coefficient (Wildman–Crippen LogP) is 2.39. The lowest BCUT2D eigenvalue weighted by atomic mass is 9.87. The molecule has 1 amide bonds. The summed E-state index contributed by atoms with van der Waals surface area (Å²) in [6.07, 6.45) is 4.84. The third-order valence-corrected chi connectivity index (χ3v) is 3.95. The van der Waals surface area contributed by atoms with Gasteiger partial charge in [-0.05, 0) is 37.5 Å². The summed E-state index contributed by atoms with van der Waals surface area (Å²) in [6.45, 7) is 7.10. The van der Waals surface area contributed by atoms with Gasteiger partial charge in [-0.15, -0.1) is 0 Å². The summed E-state index contributed by atoms with van der Waals surface area (Å²) in [5.41, 5.74) is 6.21. The fourth-order valence-corrected chi connectivity index (χ4v) is 3.12. The van der Waals surface area contributed by atoms with Gasteiger partial charge in [-0.2, -0.15) is 0 Å². The van der Waals surface area contributed by atoms with Gasteiger partial charge in [0.05, 0.1) is 0 Å². The monoisotopic (exact) mass is 298 g/mol. The van der Waals surface area contributed by atoms with Crippen molar-refractivity contribution in [3.63, 3.8) is 0 Å². The number of amides is 1. The van der Waals surface area contributed by atoms with Gasteiger partial charge in [-0.3, -0.25) is 9.59 Å². The first-order chi connectivity index (χ1) is 9.69. The number of carboxylic acid groups (broad SMARTS) is 1. The number of carbonyl (C=O) groups is 2. The molecule has 1 heterocycles. The summed E-state index contributed by atoms with van der Waals surface area (Å²) < 4.78 is 0. The van der Waals surface area contributed by atoms with Gasteiger partial charge >= 0.3 is 5.97 Å². The van der Waals surface area contributed by atoms with Crippen molar-refractivity contribution in [2.45, 2.75) is 77.8 Å². The van der Waals surface area contributed by atoms with Crippen LogP contribution in [0.15, 0.2) is 0 Å². The molecule has 122 valence electrons. The maximum atomic E-state index is 12.4. The van der Waals surface area contributed by atoms with E-state index < -0.39 is 5.97 Å². The van der Waals surface area contributed by atoms with Gasteiger partial charge in [0.15, 0.2) is 0 Å². The molecular weight excluding hydrogens is 268 g/mol. The van der Waals surface area contributed by atoms with E-state index in [2.05, 4.69) is 20.8 Å². The summed E-state index contributed by atoms with van der Waals surface area (Å²) in [6, 6.07) is -0.0521. The van der Waals surface area contributed by atoms with E-state index in [0.717, 1.165) is 32.2 Å². The number of carbonyl (C=O) groups excluding carboxylic acids is 1. The maximum absolute atomic E-state index is 12.4. The van der Waals surface area contributed by atoms with Crippen LogP contribution in [-0.2, 0) is 9.59 Å². The molecule has 1 fully saturated rings. The second-order valence-electron chi connectivity index (χ2n) is 7.40. The van der Waals surface area contributed by atoms with Gasteiger partial charge in [-0.1, -0.05) is 20.8 Å². The van der Waals surface area contributed by atoms with Crippen LogP contribution in [0.5, 0.6) is 0 Å². The van der Waals surface area contributed by atoms with E-state index in [-0.39, 0.29) is 29.8 Å². The molecule has 0 aromatic heterocycles. The van der Waals surface area contributed by atoms with Gasteiger partial charge in [0, 0.05) is 31.5 Å². The SMILES string of the molecule is CC(C)(C)CC(N)CC(=O)N1CCCCC1CCC(=O)O. The Kier molecular flexibility index (Phi) is 6.65. The molecule has 0 aromatic rings. The molecule has 5 nitrogen and oxygen atoms in total. The first-order valence-electron chi connectivity index (χ1n) is 7.96. The van der Waals surface area contributed by atoms with Crippen molar-refractivity contribution in [1.82, 2.24) is 4.90 Å². The highest BCUT2D eigenvalue weighted by Gasteiger charge is 2.28. The molecule has 0 bridgehead atoms. The Morgan fingerprint density at radius 3 is 2.57 bits per heavy atom. The van der Waals surface area contributed by atoms with Crippen LogP contribution in [0.4, 0.5) is 0 Å². The van der Waals surface area contributed by atoms with Crippen LogP contribution >= 0.6 is 0 Å². The summed E-state index contributed by atoms with van der Waals surface area (Å²) >= 11 is 0. The van der Waals surface area contributed by atoms with Crippen LogP contribution in [0.3, 0.4) is 0 Å². The third kappa shape index (κ3) is 6.93. The molecule has 21 heavy (non-hydrogen) atoms. The molecule has 1 aliphatic rings. The number of nitrogens with two attached hydrogens (primary N) is 1. The highest BCUT2D eigenvalue weighted by molar-refractivity contribution is 5.77. The molecule has 0 spiro atoms. The molecule has 2 unspecified atom stereocenters. The molecular formula is C16H30N2O3. The summed E-state index contributed by atoms with van der Waals surface area (Å²) in [7, 11) is 0. The van der Waals surface area contributed by atoms with Crippen molar-refractivity contribution in [3.8, 4) is 0 Å². The highest BCUT2D eigenvalue weighted by atomic mass is 16.4. The van der Waals surface area contributed by atoms with E-state index in [9.17, 15) is 9.59 Å². The van der Waals surface area contributed by atoms with Crippen LogP contribution in [0, 0.1) is 5.41 Å². The summed E-state index contributed by atoms with van der Waals surface area (Å²) in [5, 5.41) is 8.82. The number of rotatable bonds is 6. The van der Waals surface area contributed by atoms with Crippen LogP contribution in [0.25, 0.3) is 0 Å². The molecule has 1 aliphatic heterocycles. The van der Waals surface area contributed by atoms with Gasteiger partial charge in [-0.25, -0.2) is 0 Å². The topological polar surface area (TPSA) is 83.6 Å². The summed E-state index contributed by atoms with van der Waals surface area (Å²) in [4.78, 5) is 25.0. The minimum atomic E-state index is -0.794. The molecule has 3 N–H and O–H groups in total. The number of aliphatic carboxylic acids is 1. The zero-order chi connectivity index (χ0) is 16.0. The van der Waals surface area contributed by atoms with E-state index in [1.54, 1.807) is 0 Å². The van der Waals surface area contributed by atoms with E-state index in [1.807, 2.05) is 4.90 Å². The number of hydrogen-bond donors (Lipinski definition) is 2. The second-order valence-corrected chi connectivity index (χ2v) is 7.40. The van der Waals surface area contributed by atoms with Crippen LogP contribution in [-0.4, -0.2) is 40.5 Å². The Labute approximate surface area is 127 Å². The number of likely N-dealkylation sites (tertiary alicyclic amines) is 1. The molecule has 0 radical (unpaired) electrons. The van der Waals surface area contributed by atoms with Crippen molar-refractivity contribution >= 4 is 11.9 Å². The zero-order valence-corrected chi connectivity index (χ0v) is 13.6. The fourth-order valence-electron chi connectivity index (χ4n) is 3.12. The largest absolute Gasteiger partial charge is 0.481 e. The highest BCUT2D eigenvalue weighted by Crippen LogP contribution is 2.24. The number of hydrogen-bond acceptors (Lipinski definition) is 3. The number of piperidine rings is 1. The van der Waals surface area contributed by atoms with Gasteiger partial charge in [0.1, 0.15) is 0 Å². The predicted molar refractivity (Wildman–Crippen MR) is 82.9 cm³/mol.